The number of ether oxygens (including phenoxy) is 1. The summed E-state index contributed by atoms with van der Waals surface area (Å²) in [6, 6.07) is 14.7. The normalized spacial score (nSPS) is 9.56. The van der Waals surface area contributed by atoms with Crippen LogP contribution in [0.15, 0.2) is 42.5 Å². The molecule has 2 aromatic rings. The average molecular weight is 237 g/mol. The Bertz CT molecular complexity index is 609. The molecule has 2 rings (SSSR count). The van der Waals surface area contributed by atoms with E-state index in [1.807, 2.05) is 18.2 Å². The Morgan fingerprint density at radius 1 is 1.11 bits per heavy atom. The first kappa shape index (κ1) is 11.9. The van der Waals surface area contributed by atoms with Crippen molar-refractivity contribution < 1.29 is 9.53 Å². The van der Waals surface area contributed by atoms with Gasteiger partial charge < -0.3 is 4.74 Å². The van der Waals surface area contributed by atoms with Crippen molar-refractivity contribution in [3.8, 4) is 22.9 Å². The van der Waals surface area contributed by atoms with Gasteiger partial charge in [-0.3, -0.25) is 4.79 Å². The maximum absolute atomic E-state index is 10.9. The molecule has 0 atom stereocenters. The van der Waals surface area contributed by atoms with E-state index in [4.69, 9.17) is 10.00 Å². The van der Waals surface area contributed by atoms with Crippen LogP contribution >= 0.6 is 0 Å². The summed E-state index contributed by atoms with van der Waals surface area (Å²) >= 11 is 0. The zero-order chi connectivity index (χ0) is 13.0. The Morgan fingerprint density at radius 3 is 2.33 bits per heavy atom. The fourth-order valence-corrected chi connectivity index (χ4v) is 1.74. The first-order chi connectivity index (χ1) is 8.78. The second-order valence-electron chi connectivity index (χ2n) is 3.76. The summed E-state index contributed by atoms with van der Waals surface area (Å²) in [6.07, 6.45) is 0.770. The molecule has 0 N–H and O–H groups in total. The lowest BCUT2D eigenvalue weighted by Gasteiger charge is -2.06. The van der Waals surface area contributed by atoms with E-state index in [9.17, 15) is 4.79 Å². The standard InChI is InChI=1S/C15H11NO2/c1-18-15-7-6-13(8-14(15)10-17)12-4-2-11(9-16)3-5-12/h2-8,10H,1H3. The molecular formula is C15H11NO2. The Balaban J connectivity index is 2.44. The summed E-state index contributed by atoms with van der Waals surface area (Å²) in [5.74, 6) is 0.558. The molecule has 2 aromatic carbocycles. The largest absolute Gasteiger partial charge is 0.496 e. The lowest BCUT2D eigenvalue weighted by atomic mass is 10.0. The highest BCUT2D eigenvalue weighted by Crippen LogP contribution is 2.25. The zero-order valence-electron chi connectivity index (χ0n) is 9.88. The van der Waals surface area contributed by atoms with Gasteiger partial charge in [0.1, 0.15) is 5.75 Å². The smallest absolute Gasteiger partial charge is 0.153 e. The predicted molar refractivity (Wildman–Crippen MR) is 68.5 cm³/mol. The van der Waals surface area contributed by atoms with Gasteiger partial charge in [0.15, 0.2) is 6.29 Å². The first-order valence-electron chi connectivity index (χ1n) is 5.42. The van der Waals surface area contributed by atoms with Gasteiger partial charge in [0.25, 0.3) is 0 Å². The van der Waals surface area contributed by atoms with Gasteiger partial charge in [-0.1, -0.05) is 18.2 Å². The zero-order valence-corrected chi connectivity index (χ0v) is 9.88. The number of benzene rings is 2. The van der Waals surface area contributed by atoms with Gasteiger partial charge in [0, 0.05) is 0 Å². The van der Waals surface area contributed by atoms with Gasteiger partial charge in [0.2, 0.25) is 0 Å². The first-order valence-corrected chi connectivity index (χ1v) is 5.42. The highest BCUT2D eigenvalue weighted by Gasteiger charge is 2.05. The maximum atomic E-state index is 10.9. The van der Waals surface area contributed by atoms with Crippen LogP contribution in [-0.2, 0) is 0 Å². The third-order valence-electron chi connectivity index (χ3n) is 2.70. The second-order valence-corrected chi connectivity index (χ2v) is 3.76. The number of aldehydes is 1. The monoisotopic (exact) mass is 237 g/mol. The number of hydrogen-bond donors (Lipinski definition) is 0. The quantitative estimate of drug-likeness (QED) is 0.771. The fourth-order valence-electron chi connectivity index (χ4n) is 1.74. The van der Waals surface area contributed by atoms with Gasteiger partial charge in [-0.15, -0.1) is 0 Å². The van der Waals surface area contributed by atoms with Crippen LogP contribution in [0.4, 0.5) is 0 Å². The van der Waals surface area contributed by atoms with E-state index in [1.165, 1.54) is 7.11 Å². The number of nitriles is 1. The Hall–Kier alpha value is -2.60. The fraction of sp³-hybridized carbons (Fsp3) is 0.0667. The van der Waals surface area contributed by atoms with Crippen LogP contribution < -0.4 is 4.74 Å². The molecule has 0 aliphatic carbocycles. The van der Waals surface area contributed by atoms with Crippen LogP contribution in [0.25, 0.3) is 11.1 Å². The van der Waals surface area contributed by atoms with Crippen molar-refractivity contribution in [1.29, 1.82) is 5.26 Å². The summed E-state index contributed by atoms with van der Waals surface area (Å²) in [5.41, 5.74) is 3.00. The van der Waals surface area contributed by atoms with E-state index in [0.717, 1.165) is 17.4 Å². The summed E-state index contributed by atoms with van der Waals surface area (Å²) in [5, 5.41) is 8.74. The van der Waals surface area contributed by atoms with Crippen molar-refractivity contribution in [3.05, 3.63) is 53.6 Å². The number of carbonyl (C=O) groups is 1. The average Bonchev–Trinajstić information content (AvgIpc) is 2.46. The van der Waals surface area contributed by atoms with Crippen molar-refractivity contribution in [3.63, 3.8) is 0 Å². The topological polar surface area (TPSA) is 50.1 Å². The van der Waals surface area contributed by atoms with Crippen LogP contribution in [-0.4, -0.2) is 13.4 Å². The third-order valence-corrected chi connectivity index (χ3v) is 2.70. The molecule has 0 unspecified atom stereocenters. The van der Waals surface area contributed by atoms with Gasteiger partial charge >= 0.3 is 0 Å². The van der Waals surface area contributed by atoms with Crippen molar-refractivity contribution in [1.82, 2.24) is 0 Å². The van der Waals surface area contributed by atoms with Crippen LogP contribution in [0.3, 0.4) is 0 Å². The summed E-state index contributed by atoms with van der Waals surface area (Å²) in [7, 11) is 1.53. The van der Waals surface area contributed by atoms with E-state index < -0.39 is 0 Å². The summed E-state index contributed by atoms with van der Waals surface area (Å²) in [4.78, 5) is 10.9. The number of nitrogens with zero attached hydrogens (tertiary/aromatic N) is 1. The summed E-state index contributed by atoms with van der Waals surface area (Å²) in [6.45, 7) is 0. The van der Waals surface area contributed by atoms with E-state index in [1.54, 1.807) is 24.3 Å². The molecule has 0 spiro atoms. The predicted octanol–water partition coefficient (Wildman–Crippen LogP) is 3.05. The highest BCUT2D eigenvalue weighted by atomic mass is 16.5. The maximum Gasteiger partial charge on any atom is 0.153 e. The van der Waals surface area contributed by atoms with E-state index in [0.29, 0.717) is 16.9 Å². The Kier molecular flexibility index (Phi) is 3.40. The van der Waals surface area contributed by atoms with E-state index in [-0.39, 0.29) is 0 Å². The third kappa shape index (κ3) is 2.23. The molecule has 0 fully saturated rings. The molecular weight excluding hydrogens is 226 g/mol. The molecule has 0 bridgehead atoms. The minimum atomic E-state index is 0.513. The van der Waals surface area contributed by atoms with Crippen molar-refractivity contribution in [2.45, 2.75) is 0 Å². The molecule has 0 saturated carbocycles. The Labute approximate surface area is 105 Å². The number of hydrogen-bond acceptors (Lipinski definition) is 3. The SMILES string of the molecule is COc1ccc(-c2ccc(C#N)cc2)cc1C=O. The Morgan fingerprint density at radius 2 is 1.78 bits per heavy atom. The van der Waals surface area contributed by atoms with Crippen molar-refractivity contribution in [2.24, 2.45) is 0 Å². The molecule has 3 heteroatoms. The van der Waals surface area contributed by atoms with E-state index >= 15 is 0 Å². The molecule has 0 amide bonds. The summed E-state index contributed by atoms with van der Waals surface area (Å²) < 4.78 is 5.09. The van der Waals surface area contributed by atoms with Crippen molar-refractivity contribution in [2.75, 3.05) is 7.11 Å². The molecule has 0 saturated heterocycles. The molecule has 0 aliphatic rings. The van der Waals surface area contributed by atoms with Crippen LogP contribution in [0, 0.1) is 11.3 Å². The van der Waals surface area contributed by atoms with E-state index in [2.05, 4.69) is 6.07 Å². The molecule has 0 heterocycles. The molecule has 18 heavy (non-hydrogen) atoms. The van der Waals surface area contributed by atoms with Gasteiger partial charge in [-0.25, -0.2) is 0 Å². The number of carbonyl (C=O) groups excluding carboxylic acids is 1. The number of methoxy groups -OCH3 is 1. The minimum Gasteiger partial charge on any atom is -0.496 e. The molecule has 0 radical (unpaired) electrons. The molecule has 88 valence electrons. The molecule has 0 aromatic heterocycles. The van der Waals surface area contributed by atoms with Crippen LogP contribution in [0.1, 0.15) is 15.9 Å². The lowest BCUT2D eigenvalue weighted by molar-refractivity contribution is 0.112. The van der Waals surface area contributed by atoms with Crippen molar-refractivity contribution >= 4 is 6.29 Å². The molecule has 3 nitrogen and oxygen atoms in total. The van der Waals surface area contributed by atoms with Crippen LogP contribution in [0.5, 0.6) is 5.75 Å². The van der Waals surface area contributed by atoms with Gasteiger partial charge in [0.05, 0.1) is 24.3 Å². The number of rotatable bonds is 3. The van der Waals surface area contributed by atoms with Crippen LogP contribution in [0.2, 0.25) is 0 Å². The second kappa shape index (κ2) is 5.15. The molecule has 0 aliphatic heterocycles. The van der Waals surface area contributed by atoms with Gasteiger partial charge in [-0.2, -0.15) is 5.26 Å². The van der Waals surface area contributed by atoms with Gasteiger partial charge in [-0.05, 0) is 35.4 Å². The highest BCUT2D eigenvalue weighted by molar-refractivity contribution is 5.83. The minimum absolute atomic E-state index is 0.513. The lowest BCUT2D eigenvalue weighted by Crippen LogP contribution is -1.91.